The van der Waals surface area contributed by atoms with Crippen molar-refractivity contribution in [2.75, 3.05) is 0 Å². The molecule has 0 N–H and O–H groups in total. The first-order valence-corrected chi connectivity index (χ1v) is 3.48. The van der Waals surface area contributed by atoms with Gasteiger partial charge in [0, 0.05) is 0 Å². The van der Waals surface area contributed by atoms with Gasteiger partial charge in [0.2, 0.25) is 0 Å². The molecular weight excluding hydrogens is 212 g/mol. The van der Waals surface area contributed by atoms with Crippen molar-refractivity contribution in [3.05, 3.63) is 28.8 Å². The molecule has 0 spiro atoms. The van der Waals surface area contributed by atoms with Gasteiger partial charge in [0.25, 0.3) is 0 Å². The summed E-state index contributed by atoms with van der Waals surface area (Å²) in [5.41, 5.74) is 0. The summed E-state index contributed by atoms with van der Waals surface area (Å²) in [5, 5.41) is -0.791. The SMILES string of the molecule is Fc1ccc(OC(F)F)c(Cl)c1F. The summed E-state index contributed by atoms with van der Waals surface area (Å²) < 4.78 is 52.1. The Morgan fingerprint density at radius 3 is 2.38 bits per heavy atom. The van der Waals surface area contributed by atoms with E-state index in [9.17, 15) is 17.6 Å². The van der Waals surface area contributed by atoms with Crippen LogP contribution in [0.2, 0.25) is 5.02 Å². The maximum Gasteiger partial charge on any atom is 0.387 e. The highest BCUT2D eigenvalue weighted by molar-refractivity contribution is 6.32. The third-order valence-corrected chi connectivity index (χ3v) is 1.57. The molecule has 0 amide bonds. The maximum atomic E-state index is 12.6. The van der Waals surface area contributed by atoms with Crippen LogP contribution in [0.4, 0.5) is 17.6 Å². The molecule has 1 aromatic rings. The molecule has 0 saturated heterocycles. The molecule has 13 heavy (non-hydrogen) atoms. The molecule has 0 fully saturated rings. The van der Waals surface area contributed by atoms with E-state index in [1.807, 2.05) is 0 Å². The summed E-state index contributed by atoms with van der Waals surface area (Å²) >= 11 is 5.17. The molecule has 0 unspecified atom stereocenters. The number of hydrogen-bond donors (Lipinski definition) is 0. The van der Waals surface area contributed by atoms with E-state index in [1.54, 1.807) is 0 Å². The normalized spacial score (nSPS) is 10.6. The summed E-state index contributed by atoms with van der Waals surface area (Å²) in [4.78, 5) is 0. The van der Waals surface area contributed by atoms with Gasteiger partial charge in [-0.05, 0) is 12.1 Å². The number of hydrogen-bond acceptors (Lipinski definition) is 1. The van der Waals surface area contributed by atoms with E-state index >= 15 is 0 Å². The van der Waals surface area contributed by atoms with Gasteiger partial charge >= 0.3 is 6.61 Å². The fourth-order valence-electron chi connectivity index (χ4n) is 0.695. The highest BCUT2D eigenvalue weighted by Crippen LogP contribution is 2.29. The first-order valence-electron chi connectivity index (χ1n) is 3.10. The second-order valence-corrected chi connectivity index (χ2v) is 2.43. The van der Waals surface area contributed by atoms with Gasteiger partial charge in [-0.1, -0.05) is 11.6 Å². The van der Waals surface area contributed by atoms with Gasteiger partial charge < -0.3 is 4.74 Å². The van der Waals surface area contributed by atoms with E-state index in [2.05, 4.69) is 4.74 Å². The molecule has 0 bridgehead atoms. The first kappa shape index (κ1) is 10.1. The highest BCUT2D eigenvalue weighted by Gasteiger charge is 2.15. The maximum absolute atomic E-state index is 12.6. The molecule has 6 heteroatoms. The summed E-state index contributed by atoms with van der Waals surface area (Å²) in [6, 6.07) is 1.48. The largest absolute Gasteiger partial charge is 0.433 e. The van der Waals surface area contributed by atoms with Crippen molar-refractivity contribution in [1.82, 2.24) is 0 Å². The van der Waals surface area contributed by atoms with Crippen LogP contribution < -0.4 is 4.74 Å². The smallest absolute Gasteiger partial charge is 0.387 e. The van der Waals surface area contributed by atoms with Gasteiger partial charge in [0.1, 0.15) is 10.8 Å². The molecule has 0 radical (unpaired) electrons. The van der Waals surface area contributed by atoms with Crippen molar-refractivity contribution in [3.8, 4) is 5.75 Å². The van der Waals surface area contributed by atoms with Crippen LogP contribution in [0.3, 0.4) is 0 Å². The molecule has 1 rings (SSSR count). The third kappa shape index (κ3) is 2.24. The van der Waals surface area contributed by atoms with E-state index < -0.39 is 29.0 Å². The Morgan fingerprint density at radius 1 is 1.23 bits per heavy atom. The Labute approximate surface area is 75.9 Å². The second-order valence-electron chi connectivity index (χ2n) is 2.05. The monoisotopic (exact) mass is 214 g/mol. The second kappa shape index (κ2) is 3.83. The number of halogens is 5. The lowest BCUT2D eigenvalue weighted by Gasteiger charge is -2.06. The lowest BCUT2D eigenvalue weighted by atomic mass is 10.3. The number of benzene rings is 1. The standard InChI is InChI=1S/C7H3ClF4O/c8-5-4(13-7(11)12)2-1-3(9)6(5)10/h1-2,7H. The Kier molecular flexibility index (Phi) is 2.98. The Bertz CT molecular complexity index is 316. The van der Waals surface area contributed by atoms with Crippen LogP contribution in [0.25, 0.3) is 0 Å². The van der Waals surface area contributed by atoms with Crippen molar-refractivity contribution in [1.29, 1.82) is 0 Å². The van der Waals surface area contributed by atoms with Crippen molar-refractivity contribution in [2.24, 2.45) is 0 Å². The van der Waals surface area contributed by atoms with Crippen LogP contribution >= 0.6 is 11.6 Å². The molecule has 72 valence electrons. The van der Waals surface area contributed by atoms with E-state index in [0.29, 0.717) is 6.07 Å². The van der Waals surface area contributed by atoms with Gasteiger partial charge in [-0.3, -0.25) is 0 Å². The van der Waals surface area contributed by atoms with Crippen molar-refractivity contribution >= 4 is 11.6 Å². The predicted molar refractivity (Wildman–Crippen MR) is 38.0 cm³/mol. The topological polar surface area (TPSA) is 9.23 Å². The fraction of sp³-hybridized carbons (Fsp3) is 0.143. The molecule has 0 saturated carbocycles. The molecule has 0 atom stereocenters. The van der Waals surface area contributed by atoms with E-state index in [4.69, 9.17) is 11.6 Å². The van der Waals surface area contributed by atoms with E-state index in [-0.39, 0.29) is 0 Å². The van der Waals surface area contributed by atoms with Crippen LogP contribution in [0.5, 0.6) is 5.75 Å². The van der Waals surface area contributed by atoms with Crippen LogP contribution in [0.15, 0.2) is 12.1 Å². The highest BCUT2D eigenvalue weighted by atomic mass is 35.5. The quantitative estimate of drug-likeness (QED) is 0.543. The zero-order valence-corrected chi connectivity index (χ0v) is 6.79. The van der Waals surface area contributed by atoms with Crippen molar-refractivity contribution in [3.63, 3.8) is 0 Å². The molecular formula is C7H3ClF4O. The summed E-state index contributed by atoms with van der Waals surface area (Å²) in [6.07, 6.45) is 0. The fourth-order valence-corrected chi connectivity index (χ4v) is 0.893. The van der Waals surface area contributed by atoms with Gasteiger partial charge in [-0.2, -0.15) is 8.78 Å². The van der Waals surface area contributed by atoms with E-state index in [1.165, 1.54) is 0 Å². The molecule has 0 aliphatic rings. The summed E-state index contributed by atoms with van der Waals surface area (Å²) in [6.45, 7) is -3.12. The van der Waals surface area contributed by atoms with Crippen molar-refractivity contribution < 1.29 is 22.3 Å². The molecule has 0 heterocycles. The molecule has 0 aliphatic carbocycles. The minimum absolute atomic E-state index is 0.587. The third-order valence-electron chi connectivity index (χ3n) is 1.22. The number of ether oxygens (including phenoxy) is 1. The minimum atomic E-state index is -3.12. The zero-order valence-electron chi connectivity index (χ0n) is 6.03. The molecule has 0 aliphatic heterocycles. The van der Waals surface area contributed by atoms with Gasteiger partial charge in [0.15, 0.2) is 11.6 Å². The van der Waals surface area contributed by atoms with Crippen LogP contribution in [-0.4, -0.2) is 6.61 Å². The minimum Gasteiger partial charge on any atom is -0.433 e. The Morgan fingerprint density at radius 2 is 1.85 bits per heavy atom. The van der Waals surface area contributed by atoms with E-state index in [0.717, 1.165) is 6.07 Å². The average Bonchev–Trinajstić information content (AvgIpc) is 2.06. The van der Waals surface area contributed by atoms with Gasteiger partial charge in [-0.15, -0.1) is 0 Å². The lowest BCUT2D eigenvalue weighted by molar-refractivity contribution is -0.0499. The Balaban J connectivity index is 3.04. The van der Waals surface area contributed by atoms with Gasteiger partial charge in [-0.25, -0.2) is 8.78 Å². The van der Waals surface area contributed by atoms with Crippen molar-refractivity contribution in [2.45, 2.75) is 6.61 Å². The lowest BCUT2D eigenvalue weighted by Crippen LogP contribution is -2.03. The van der Waals surface area contributed by atoms with Gasteiger partial charge in [0.05, 0.1) is 0 Å². The first-order chi connectivity index (χ1) is 6.02. The zero-order chi connectivity index (χ0) is 10.0. The molecule has 1 aromatic carbocycles. The predicted octanol–water partition coefficient (Wildman–Crippen LogP) is 3.22. The molecule has 1 nitrogen and oxygen atoms in total. The average molecular weight is 215 g/mol. The summed E-state index contributed by atoms with van der Waals surface area (Å²) in [5.74, 6) is -3.21. The number of rotatable bonds is 2. The van der Waals surface area contributed by atoms with Crippen LogP contribution in [0, 0.1) is 11.6 Å². The molecule has 0 aromatic heterocycles. The van der Waals surface area contributed by atoms with Crippen LogP contribution in [-0.2, 0) is 0 Å². The summed E-state index contributed by atoms with van der Waals surface area (Å²) in [7, 11) is 0. The Hall–Kier alpha value is -0.970. The van der Waals surface area contributed by atoms with Crippen LogP contribution in [0.1, 0.15) is 0 Å². The number of alkyl halides is 2.